The lowest BCUT2D eigenvalue weighted by Crippen LogP contribution is -2.49. The van der Waals surface area contributed by atoms with E-state index in [1.165, 1.54) is 0 Å². The van der Waals surface area contributed by atoms with E-state index >= 15 is 0 Å². The number of rotatable bonds is 1. The Kier molecular flexibility index (Phi) is 2.38. The highest BCUT2D eigenvalue weighted by Crippen LogP contribution is 2.14. The Morgan fingerprint density at radius 3 is 2.75 bits per heavy atom. The van der Waals surface area contributed by atoms with Gasteiger partial charge >= 0.3 is 0 Å². The zero-order valence-electron chi connectivity index (χ0n) is 7.53. The molecule has 68 valence electrons. The average Bonchev–Trinajstić information content (AvgIpc) is 1.96. The Labute approximate surface area is 71.9 Å². The van der Waals surface area contributed by atoms with Crippen LogP contribution in [-0.4, -0.2) is 29.3 Å². The molecule has 0 aromatic heterocycles. The minimum atomic E-state index is -0.889. The molecule has 1 aliphatic rings. The maximum absolute atomic E-state index is 11.2. The van der Waals surface area contributed by atoms with Crippen LogP contribution in [-0.2, 0) is 4.79 Å². The summed E-state index contributed by atoms with van der Waals surface area (Å²) in [5.41, 5.74) is 0.697. The van der Waals surface area contributed by atoms with Crippen LogP contribution < -0.4 is 5.32 Å². The highest BCUT2D eigenvalue weighted by Gasteiger charge is 2.23. The molecule has 1 heterocycles. The summed E-state index contributed by atoms with van der Waals surface area (Å²) in [6.45, 7) is 3.88. The summed E-state index contributed by atoms with van der Waals surface area (Å²) in [5.74, 6) is -0.00412. The van der Waals surface area contributed by atoms with E-state index in [-0.39, 0.29) is 11.8 Å². The van der Waals surface area contributed by atoms with Crippen molar-refractivity contribution in [3.8, 4) is 0 Å². The van der Waals surface area contributed by atoms with Crippen LogP contribution in [0.5, 0.6) is 0 Å². The van der Waals surface area contributed by atoms with E-state index in [1.807, 2.05) is 13.8 Å². The Balaban J connectivity index is 2.86. The third-order valence-electron chi connectivity index (χ3n) is 1.87. The first kappa shape index (κ1) is 9.06. The van der Waals surface area contributed by atoms with E-state index in [1.54, 1.807) is 18.1 Å². The second-order valence-electron chi connectivity index (χ2n) is 3.25. The number of carbonyl (C=O) groups excluding carboxylic acids is 1. The largest absolute Gasteiger partial charge is 0.356 e. The van der Waals surface area contributed by atoms with Crippen LogP contribution in [0.4, 0.5) is 0 Å². The molecule has 0 aromatic carbocycles. The van der Waals surface area contributed by atoms with E-state index < -0.39 is 6.35 Å². The number of nitrogens with one attached hydrogen (secondary N) is 1. The number of aliphatic hydroxyl groups excluding tert-OH is 1. The highest BCUT2D eigenvalue weighted by atomic mass is 16.3. The minimum absolute atomic E-state index is 0.181. The van der Waals surface area contributed by atoms with E-state index in [0.717, 1.165) is 0 Å². The van der Waals surface area contributed by atoms with Gasteiger partial charge in [-0.1, -0.05) is 13.8 Å². The van der Waals surface area contributed by atoms with Crippen LogP contribution in [0.3, 0.4) is 0 Å². The van der Waals surface area contributed by atoms with Gasteiger partial charge in [0.25, 0.3) is 5.91 Å². The summed E-state index contributed by atoms with van der Waals surface area (Å²) in [5, 5.41) is 11.6. The summed E-state index contributed by atoms with van der Waals surface area (Å²) in [6.07, 6.45) is 0.786. The zero-order valence-corrected chi connectivity index (χ0v) is 7.53. The number of nitrogens with zero attached hydrogens (tertiary/aromatic N) is 1. The van der Waals surface area contributed by atoms with Crippen LogP contribution in [0, 0.1) is 5.92 Å². The van der Waals surface area contributed by atoms with Crippen LogP contribution >= 0.6 is 0 Å². The molecule has 0 saturated carbocycles. The molecule has 0 spiro atoms. The molecule has 1 amide bonds. The molecule has 4 nitrogen and oxygen atoms in total. The van der Waals surface area contributed by atoms with Crippen molar-refractivity contribution < 1.29 is 9.90 Å². The second-order valence-corrected chi connectivity index (χ2v) is 3.25. The molecule has 12 heavy (non-hydrogen) atoms. The topological polar surface area (TPSA) is 52.6 Å². The molecule has 1 unspecified atom stereocenters. The lowest BCUT2D eigenvalue weighted by Gasteiger charge is -2.29. The fourth-order valence-electron chi connectivity index (χ4n) is 1.06. The molecule has 2 N–H and O–H groups in total. The fraction of sp³-hybridized carbons (Fsp3) is 0.625. The third-order valence-corrected chi connectivity index (χ3v) is 1.87. The normalized spacial score (nSPS) is 24.1. The van der Waals surface area contributed by atoms with Gasteiger partial charge in [0.05, 0.1) is 0 Å². The Hall–Kier alpha value is -1.03. The summed E-state index contributed by atoms with van der Waals surface area (Å²) in [6, 6.07) is 0. The van der Waals surface area contributed by atoms with Gasteiger partial charge < -0.3 is 15.3 Å². The van der Waals surface area contributed by atoms with E-state index in [2.05, 4.69) is 5.32 Å². The van der Waals surface area contributed by atoms with Crippen molar-refractivity contribution in [2.75, 3.05) is 7.05 Å². The van der Waals surface area contributed by atoms with Gasteiger partial charge in [0, 0.05) is 18.8 Å². The van der Waals surface area contributed by atoms with Gasteiger partial charge in [0.2, 0.25) is 6.35 Å². The monoisotopic (exact) mass is 170 g/mol. The predicted molar refractivity (Wildman–Crippen MR) is 44.8 cm³/mol. The molecule has 0 radical (unpaired) electrons. The Bertz CT molecular complexity index is 223. The first-order valence-corrected chi connectivity index (χ1v) is 3.95. The molecule has 1 atom stereocenters. The van der Waals surface area contributed by atoms with Gasteiger partial charge in [0.15, 0.2) is 0 Å². The first-order chi connectivity index (χ1) is 5.52. The minimum Gasteiger partial charge on any atom is -0.356 e. The SMILES string of the molecule is CC(C)C1=CN(C)C(O)NC1=O. The van der Waals surface area contributed by atoms with Crippen molar-refractivity contribution in [1.29, 1.82) is 0 Å². The van der Waals surface area contributed by atoms with Crippen molar-refractivity contribution in [2.45, 2.75) is 20.2 Å². The molecule has 0 saturated heterocycles. The van der Waals surface area contributed by atoms with Crippen molar-refractivity contribution in [3.63, 3.8) is 0 Å². The van der Waals surface area contributed by atoms with Gasteiger partial charge in [0.1, 0.15) is 0 Å². The van der Waals surface area contributed by atoms with E-state index in [9.17, 15) is 9.90 Å². The number of hydrogen-bond acceptors (Lipinski definition) is 3. The van der Waals surface area contributed by atoms with Crippen LogP contribution in [0.1, 0.15) is 13.8 Å². The fourth-order valence-corrected chi connectivity index (χ4v) is 1.06. The molecular weight excluding hydrogens is 156 g/mol. The summed E-state index contributed by atoms with van der Waals surface area (Å²) < 4.78 is 0. The maximum Gasteiger partial charge on any atom is 0.252 e. The standard InChI is InChI=1S/C8H14N2O2/c1-5(2)6-4-10(3)8(12)9-7(6)11/h4-5,8,12H,1-3H3,(H,9,11). The summed E-state index contributed by atoms with van der Waals surface area (Å²) >= 11 is 0. The lowest BCUT2D eigenvalue weighted by molar-refractivity contribution is -0.125. The Morgan fingerprint density at radius 1 is 1.67 bits per heavy atom. The molecule has 1 rings (SSSR count). The first-order valence-electron chi connectivity index (χ1n) is 3.95. The van der Waals surface area contributed by atoms with Gasteiger partial charge in [-0.3, -0.25) is 4.79 Å². The van der Waals surface area contributed by atoms with Crippen LogP contribution in [0.25, 0.3) is 0 Å². The molecule has 0 fully saturated rings. The maximum atomic E-state index is 11.2. The predicted octanol–water partition coefficient (Wildman–Crippen LogP) is -0.136. The van der Waals surface area contributed by atoms with Gasteiger partial charge in [-0.25, -0.2) is 0 Å². The Morgan fingerprint density at radius 2 is 2.25 bits per heavy atom. The number of amides is 1. The summed E-state index contributed by atoms with van der Waals surface area (Å²) in [4.78, 5) is 12.8. The molecule has 1 aliphatic heterocycles. The highest BCUT2D eigenvalue weighted by molar-refractivity contribution is 5.94. The molecule has 0 aliphatic carbocycles. The van der Waals surface area contributed by atoms with Crippen molar-refractivity contribution >= 4 is 5.91 Å². The van der Waals surface area contributed by atoms with Crippen molar-refractivity contribution in [1.82, 2.24) is 10.2 Å². The summed E-state index contributed by atoms with van der Waals surface area (Å²) in [7, 11) is 1.71. The van der Waals surface area contributed by atoms with Gasteiger partial charge in [-0.15, -0.1) is 0 Å². The van der Waals surface area contributed by atoms with Crippen molar-refractivity contribution in [2.24, 2.45) is 5.92 Å². The average molecular weight is 170 g/mol. The zero-order chi connectivity index (χ0) is 9.30. The quantitative estimate of drug-likeness (QED) is 0.576. The van der Waals surface area contributed by atoms with E-state index in [4.69, 9.17) is 0 Å². The van der Waals surface area contributed by atoms with E-state index in [0.29, 0.717) is 5.57 Å². The molecule has 4 heteroatoms. The van der Waals surface area contributed by atoms with Gasteiger partial charge in [-0.2, -0.15) is 0 Å². The number of hydrogen-bond donors (Lipinski definition) is 2. The van der Waals surface area contributed by atoms with Crippen molar-refractivity contribution in [3.05, 3.63) is 11.8 Å². The number of aliphatic hydroxyl groups is 1. The molecular formula is C8H14N2O2. The number of carbonyl (C=O) groups is 1. The lowest BCUT2D eigenvalue weighted by atomic mass is 10.0. The molecule has 0 aromatic rings. The van der Waals surface area contributed by atoms with Crippen LogP contribution in [0.2, 0.25) is 0 Å². The second kappa shape index (κ2) is 3.15. The van der Waals surface area contributed by atoms with Crippen LogP contribution in [0.15, 0.2) is 11.8 Å². The third kappa shape index (κ3) is 1.58. The smallest absolute Gasteiger partial charge is 0.252 e. The molecule has 0 bridgehead atoms. The van der Waals surface area contributed by atoms with Gasteiger partial charge in [-0.05, 0) is 5.92 Å².